The fourth-order valence-electron chi connectivity index (χ4n) is 3.05. The zero-order valence-corrected chi connectivity index (χ0v) is 17.2. The summed E-state index contributed by atoms with van der Waals surface area (Å²) in [4.78, 5) is 14.4. The third-order valence-corrected chi connectivity index (χ3v) is 6.44. The second-order valence-electron chi connectivity index (χ2n) is 6.36. The molecule has 0 atom stereocenters. The van der Waals surface area contributed by atoms with Crippen molar-refractivity contribution in [2.75, 3.05) is 51.4 Å². The van der Waals surface area contributed by atoms with E-state index in [-0.39, 0.29) is 23.1 Å². The predicted octanol–water partition coefficient (Wildman–Crippen LogP) is 1.76. The highest BCUT2D eigenvalue weighted by Gasteiger charge is 2.31. The molecule has 1 fully saturated rings. The average Bonchev–Trinajstić information content (AvgIpc) is 2.77. The first kappa shape index (κ1) is 20.9. The van der Waals surface area contributed by atoms with E-state index in [4.69, 9.17) is 14.2 Å². The van der Waals surface area contributed by atoms with Crippen LogP contribution in [-0.2, 0) is 19.6 Å². The Balaban J connectivity index is 2.00. The molecule has 0 saturated carbocycles. The minimum absolute atomic E-state index is 0.0422. The van der Waals surface area contributed by atoms with Gasteiger partial charge >= 0.3 is 0 Å². The summed E-state index contributed by atoms with van der Waals surface area (Å²) in [5.41, 5.74) is 0.395. The Morgan fingerprint density at radius 3 is 2.38 bits per heavy atom. The van der Waals surface area contributed by atoms with Crippen LogP contribution < -0.4 is 13.8 Å². The standard InChI is InChI=1S/C20H24N2O6S/c1-26-17-8-9-19(18(14-17)27-2)29(24,25)22(16-6-4-3-5-7-16)15-20(23)21-10-12-28-13-11-21/h3-9,14H,10-13,15H2,1-2H3. The Hall–Kier alpha value is -2.78. The zero-order valence-electron chi connectivity index (χ0n) is 16.4. The van der Waals surface area contributed by atoms with Gasteiger partial charge in [0.1, 0.15) is 22.9 Å². The van der Waals surface area contributed by atoms with Crippen LogP contribution >= 0.6 is 0 Å². The van der Waals surface area contributed by atoms with Crippen LogP contribution in [0.5, 0.6) is 11.5 Å². The normalized spacial score (nSPS) is 14.3. The molecule has 1 aliphatic heterocycles. The Morgan fingerprint density at radius 1 is 1.07 bits per heavy atom. The first-order chi connectivity index (χ1) is 14.0. The van der Waals surface area contributed by atoms with Crippen molar-refractivity contribution >= 4 is 21.6 Å². The zero-order chi connectivity index (χ0) is 20.9. The van der Waals surface area contributed by atoms with Crippen LogP contribution in [0.2, 0.25) is 0 Å². The Kier molecular flexibility index (Phi) is 6.60. The summed E-state index contributed by atoms with van der Waals surface area (Å²) in [5, 5.41) is 0. The molecule has 0 radical (unpaired) electrons. The van der Waals surface area contributed by atoms with Crippen LogP contribution in [0.15, 0.2) is 53.4 Å². The number of morpholine rings is 1. The summed E-state index contributed by atoms with van der Waals surface area (Å²) in [5.74, 6) is 0.328. The number of amides is 1. The van der Waals surface area contributed by atoms with Gasteiger partial charge in [0.05, 0.1) is 33.1 Å². The molecule has 1 aliphatic rings. The monoisotopic (exact) mass is 420 g/mol. The maximum atomic E-state index is 13.5. The quantitative estimate of drug-likeness (QED) is 0.679. The number of carbonyl (C=O) groups excluding carboxylic acids is 1. The number of nitrogens with zero attached hydrogens (tertiary/aromatic N) is 2. The van der Waals surface area contributed by atoms with E-state index in [1.54, 1.807) is 41.3 Å². The predicted molar refractivity (Wildman–Crippen MR) is 108 cm³/mol. The van der Waals surface area contributed by atoms with Crippen molar-refractivity contribution in [3.05, 3.63) is 48.5 Å². The largest absolute Gasteiger partial charge is 0.497 e. The second kappa shape index (κ2) is 9.15. The number of hydrogen-bond donors (Lipinski definition) is 0. The van der Waals surface area contributed by atoms with Crippen molar-refractivity contribution in [1.82, 2.24) is 4.90 Å². The van der Waals surface area contributed by atoms with E-state index >= 15 is 0 Å². The molecule has 156 valence electrons. The van der Waals surface area contributed by atoms with E-state index < -0.39 is 10.0 Å². The third kappa shape index (κ3) is 4.63. The highest BCUT2D eigenvalue weighted by Crippen LogP contribution is 2.32. The number of ether oxygens (including phenoxy) is 3. The van der Waals surface area contributed by atoms with Crippen LogP contribution in [-0.4, -0.2) is 66.3 Å². The molecule has 0 bridgehead atoms. The Morgan fingerprint density at radius 2 is 1.76 bits per heavy atom. The van der Waals surface area contributed by atoms with E-state index in [1.807, 2.05) is 0 Å². The van der Waals surface area contributed by atoms with Gasteiger partial charge in [0.2, 0.25) is 5.91 Å². The average molecular weight is 420 g/mol. The molecule has 1 amide bonds. The summed E-state index contributed by atoms with van der Waals surface area (Å²) < 4.78 is 43.9. The first-order valence-electron chi connectivity index (χ1n) is 9.12. The Labute approximate surface area is 170 Å². The lowest BCUT2D eigenvalue weighted by Gasteiger charge is -2.30. The van der Waals surface area contributed by atoms with E-state index in [2.05, 4.69) is 0 Å². The van der Waals surface area contributed by atoms with Crippen LogP contribution in [0.3, 0.4) is 0 Å². The van der Waals surface area contributed by atoms with Gasteiger partial charge in [-0.1, -0.05) is 18.2 Å². The number of rotatable bonds is 7. The molecular weight excluding hydrogens is 396 g/mol. The number of hydrogen-bond acceptors (Lipinski definition) is 6. The van der Waals surface area contributed by atoms with Gasteiger partial charge in [0, 0.05) is 19.2 Å². The van der Waals surface area contributed by atoms with Crippen LogP contribution in [0.1, 0.15) is 0 Å². The molecule has 2 aromatic carbocycles. The van der Waals surface area contributed by atoms with Crippen molar-refractivity contribution in [1.29, 1.82) is 0 Å². The summed E-state index contributed by atoms with van der Waals surface area (Å²) in [6.07, 6.45) is 0. The smallest absolute Gasteiger partial charge is 0.268 e. The molecule has 1 heterocycles. The van der Waals surface area contributed by atoms with Gasteiger partial charge in [0.15, 0.2) is 0 Å². The minimum atomic E-state index is -4.08. The summed E-state index contributed by atoms with van der Waals surface area (Å²) in [7, 11) is -1.21. The fourth-order valence-corrected chi connectivity index (χ4v) is 4.61. The van der Waals surface area contributed by atoms with Gasteiger partial charge in [-0.25, -0.2) is 8.42 Å². The number of benzene rings is 2. The van der Waals surface area contributed by atoms with E-state index in [1.165, 1.54) is 26.4 Å². The summed E-state index contributed by atoms with van der Waals surface area (Å²) >= 11 is 0. The van der Waals surface area contributed by atoms with Gasteiger partial charge in [-0.05, 0) is 24.3 Å². The molecule has 0 aromatic heterocycles. The molecule has 2 aromatic rings. The summed E-state index contributed by atoms with van der Waals surface area (Å²) in [6, 6.07) is 13.0. The number of para-hydroxylation sites is 1. The maximum absolute atomic E-state index is 13.5. The van der Waals surface area contributed by atoms with Crippen LogP contribution in [0.4, 0.5) is 5.69 Å². The number of methoxy groups -OCH3 is 2. The second-order valence-corrected chi connectivity index (χ2v) is 8.19. The summed E-state index contributed by atoms with van der Waals surface area (Å²) in [6.45, 7) is 1.44. The topological polar surface area (TPSA) is 85.4 Å². The van der Waals surface area contributed by atoms with E-state index in [0.29, 0.717) is 37.7 Å². The maximum Gasteiger partial charge on any atom is 0.268 e. The molecule has 0 aliphatic carbocycles. The third-order valence-electron chi connectivity index (χ3n) is 4.63. The molecule has 0 unspecified atom stereocenters. The van der Waals surface area contributed by atoms with Crippen LogP contribution in [0.25, 0.3) is 0 Å². The molecule has 1 saturated heterocycles. The SMILES string of the molecule is COc1ccc(S(=O)(=O)N(CC(=O)N2CCOCC2)c2ccccc2)c(OC)c1. The van der Waals surface area contributed by atoms with Gasteiger partial charge in [-0.3, -0.25) is 9.10 Å². The molecule has 0 N–H and O–H groups in total. The molecule has 9 heteroatoms. The number of sulfonamides is 1. The number of anilines is 1. The van der Waals surface area contributed by atoms with Crippen molar-refractivity contribution in [2.45, 2.75) is 4.90 Å². The molecular formula is C20H24N2O6S. The van der Waals surface area contributed by atoms with Gasteiger partial charge in [-0.15, -0.1) is 0 Å². The van der Waals surface area contributed by atoms with Crippen molar-refractivity contribution in [3.8, 4) is 11.5 Å². The van der Waals surface area contributed by atoms with E-state index in [0.717, 1.165) is 4.31 Å². The molecule has 0 spiro atoms. The van der Waals surface area contributed by atoms with Gasteiger partial charge in [0.25, 0.3) is 10.0 Å². The van der Waals surface area contributed by atoms with Crippen molar-refractivity contribution < 1.29 is 27.4 Å². The van der Waals surface area contributed by atoms with E-state index in [9.17, 15) is 13.2 Å². The fraction of sp³-hybridized carbons (Fsp3) is 0.350. The van der Waals surface area contributed by atoms with Crippen molar-refractivity contribution in [3.63, 3.8) is 0 Å². The molecule has 8 nitrogen and oxygen atoms in total. The lowest BCUT2D eigenvalue weighted by molar-refractivity contribution is -0.133. The minimum Gasteiger partial charge on any atom is -0.497 e. The first-order valence-corrected chi connectivity index (χ1v) is 10.6. The lowest BCUT2D eigenvalue weighted by Crippen LogP contribution is -2.47. The lowest BCUT2D eigenvalue weighted by atomic mass is 10.3. The Bertz CT molecular complexity index is 943. The van der Waals surface area contributed by atoms with Crippen molar-refractivity contribution in [2.24, 2.45) is 0 Å². The van der Waals surface area contributed by atoms with Gasteiger partial charge in [-0.2, -0.15) is 0 Å². The molecule has 3 rings (SSSR count). The molecule has 29 heavy (non-hydrogen) atoms. The highest BCUT2D eigenvalue weighted by molar-refractivity contribution is 7.93. The van der Waals surface area contributed by atoms with Crippen LogP contribution in [0, 0.1) is 0 Å². The number of carbonyl (C=O) groups is 1. The van der Waals surface area contributed by atoms with Gasteiger partial charge < -0.3 is 19.1 Å². The highest BCUT2D eigenvalue weighted by atomic mass is 32.2.